The van der Waals surface area contributed by atoms with E-state index < -0.39 is 0 Å². The van der Waals surface area contributed by atoms with Crippen molar-refractivity contribution in [3.63, 3.8) is 0 Å². The molecule has 1 aromatic heterocycles. The van der Waals surface area contributed by atoms with Gasteiger partial charge in [-0.05, 0) is 38.6 Å². The molecule has 2 aliphatic rings. The van der Waals surface area contributed by atoms with E-state index in [0.717, 1.165) is 38.3 Å². The first kappa shape index (κ1) is 13.0. The first-order chi connectivity index (χ1) is 9.36. The Labute approximate surface area is 115 Å². The lowest BCUT2D eigenvalue weighted by atomic mass is 10.0. The highest BCUT2D eigenvalue weighted by Crippen LogP contribution is 2.27. The van der Waals surface area contributed by atoms with Crippen LogP contribution in [0.1, 0.15) is 48.8 Å². The zero-order chi connectivity index (χ0) is 13.1. The van der Waals surface area contributed by atoms with E-state index in [1.165, 1.54) is 30.5 Å². The molecular formula is C15H23N3O. The highest BCUT2D eigenvalue weighted by molar-refractivity contribution is 5.23. The lowest BCUT2D eigenvalue weighted by Gasteiger charge is -2.16. The normalized spacial score (nSPS) is 27.0. The molecule has 1 N–H and O–H groups in total. The van der Waals surface area contributed by atoms with Gasteiger partial charge in [-0.1, -0.05) is 6.42 Å². The highest BCUT2D eigenvalue weighted by Gasteiger charge is 2.21. The van der Waals surface area contributed by atoms with Gasteiger partial charge in [0, 0.05) is 43.1 Å². The minimum atomic E-state index is 0.432. The number of aryl methyl sites for hydroxylation is 1. The number of rotatable bonds is 3. The Bertz CT molecular complexity index is 429. The van der Waals surface area contributed by atoms with Crippen molar-refractivity contribution in [1.82, 2.24) is 15.3 Å². The minimum absolute atomic E-state index is 0.432. The molecule has 1 aliphatic carbocycles. The number of hydrogen-bond acceptors (Lipinski definition) is 4. The van der Waals surface area contributed by atoms with E-state index in [9.17, 15) is 0 Å². The molecular weight excluding hydrogens is 238 g/mol. The number of ether oxygens (including phenoxy) is 1. The van der Waals surface area contributed by atoms with Crippen LogP contribution in [0.3, 0.4) is 0 Å². The molecule has 0 radical (unpaired) electrons. The van der Waals surface area contributed by atoms with Crippen LogP contribution in [-0.4, -0.2) is 30.2 Å². The summed E-state index contributed by atoms with van der Waals surface area (Å²) in [6.45, 7) is 1.77. The predicted molar refractivity (Wildman–Crippen MR) is 74.0 cm³/mol. The second-order valence-corrected chi connectivity index (χ2v) is 5.71. The third kappa shape index (κ3) is 2.95. The van der Waals surface area contributed by atoms with Gasteiger partial charge in [0.25, 0.3) is 0 Å². The van der Waals surface area contributed by atoms with E-state index in [0.29, 0.717) is 12.0 Å². The summed E-state index contributed by atoms with van der Waals surface area (Å²) in [6.07, 6.45) is 8.99. The van der Waals surface area contributed by atoms with Gasteiger partial charge in [-0.25, -0.2) is 9.97 Å². The molecule has 0 spiro atoms. The molecule has 4 nitrogen and oxygen atoms in total. The number of hydrogen-bond donors (Lipinski definition) is 1. The molecule has 0 bridgehead atoms. The molecule has 2 unspecified atom stereocenters. The quantitative estimate of drug-likeness (QED) is 0.846. The van der Waals surface area contributed by atoms with Crippen LogP contribution in [0.2, 0.25) is 0 Å². The molecule has 19 heavy (non-hydrogen) atoms. The van der Waals surface area contributed by atoms with Gasteiger partial charge in [-0.15, -0.1) is 0 Å². The maximum Gasteiger partial charge on any atom is 0.128 e. The average molecular weight is 261 g/mol. The van der Waals surface area contributed by atoms with Gasteiger partial charge in [-0.2, -0.15) is 0 Å². The summed E-state index contributed by atoms with van der Waals surface area (Å²) >= 11 is 0. The largest absolute Gasteiger partial charge is 0.381 e. The minimum Gasteiger partial charge on any atom is -0.381 e. The van der Waals surface area contributed by atoms with E-state index in [4.69, 9.17) is 9.72 Å². The van der Waals surface area contributed by atoms with Crippen molar-refractivity contribution in [2.75, 3.05) is 20.3 Å². The molecule has 0 amide bonds. The van der Waals surface area contributed by atoms with Gasteiger partial charge < -0.3 is 10.1 Å². The predicted octanol–water partition coefficient (Wildman–Crippen LogP) is 2.04. The fourth-order valence-electron chi connectivity index (χ4n) is 3.16. The fourth-order valence-corrected chi connectivity index (χ4v) is 3.16. The van der Waals surface area contributed by atoms with Crippen LogP contribution in [0.5, 0.6) is 0 Å². The Morgan fingerprint density at radius 3 is 3.11 bits per heavy atom. The summed E-state index contributed by atoms with van der Waals surface area (Å²) in [7, 11) is 2.03. The van der Waals surface area contributed by atoms with Gasteiger partial charge in [0.15, 0.2) is 0 Å². The molecule has 1 aromatic rings. The summed E-state index contributed by atoms with van der Waals surface area (Å²) in [5, 5.41) is 3.39. The molecule has 0 saturated carbocycles. The standard InChI is InChI=1S/C15H23N3O/c1-16-13-4-2-3-5-14-12(13)9-17-15(18-14)8-11-6-7-19-10-11/h9,11,13,16H,2-8,10H2,1H3. The van der Waals surface area contributed by atoms with Crippen molar-refractivity contribution >= 4 is 0 Å². The van der Waals surface area contributed by atoms with Crippen LogP contribution in [0.4, 0.5) is 0 Å². The number of nitrogens with one attached hydrogen (secondary N) is 1. The van der Waals surface area contributed by atoms with Crippen molar-refractivity contribution in [3.8, 4) is 0 Å². The molecule has 4 heteroatoms. The van der Waals surface area contributed by atoms with E-state index in [1.54, 1.807) is 0 Å². The van der Waals surface area contributed by atoms with E-state index in [1.807, 2.05) is 7.05 Å². The first-order valence-corrected chi connectivity index (χ1v) is 7.46. The van der Waals surface area contributed by atoms with Gasteiger partial charge in [0.1, 0.15) is 5.82 Å². The van der Waals surface area contributed by atoms with Crippen molar-refractivity contribution in [3.05, 3.63) is 23.3 Å². The second kappa shape index (κ2) is 5.97. The number of aromatic nitrogens is 2. The summed E-state index contributed by atoms with van der Waals surface area (Å²) in [4.78, 5) is 9.42. The van der Waals surface area contributed by atoms with Gasteiger partial charge in [0.2, 0.25) is 0 Å². The highest BCUT2D eigenvalue weighted by atomic mass is 16.5. The average Bonchev–Trinajstić information content (AvgIpc) is 2.84. The molecule has 1 fully saturated rings. The van der Waals surface area contributed by atoms with Crippen LogP contribution in [0, 0.1) is 5.92 Å². The number of fused-ring (bicyclic) bond motifs is 1. The first-order valence-electron chi connectivity index (χ1n) is 7.46. The van der Waals surface area contributed by atoms with E-state index >= 15 is 0 Å². The molecule has 2 heterocycles. The van der Waals surface area contributed by atoms with Crippen LogP contribution in [0.25, 0.3) is 0 Å². The molecule has 1 saturated heterocycles. The summed E-state index contributed by atoms with van der Waals surface area (Å²) in [5.74, 6) is 1.62. The Balaban J connectivity index is 1.79. The molecule has 1 aliphatic heterocycles. The molecule has 0 aromatic carbocycles. The lowest BCUT2D eigenvalue weighted by molar-refractivity contribution is 0.185. The lowest BCUT2D eigenvalue weighted by Crippen LogP contribution is -2.18. The Morgan fingerprint density at radius 1 is 1.37 bits per heavy atom. The zero-order valence-electron chi connectivity index (χ0n) is 11.7. The summed E-state index contributed by atoms with van der Waals surface area (Å²) < 4.78 is 5.43. The van der Waals surface area contributed by atoms with Gasteiger partial charge >= 0.3 is 0 Å². The third-order valence-corrected chi connectivity index (χ3v) is 4.33. The monoisotopic (exact) mass is 261 g/mol. The van der Waals surface area contributed by atoms with Crippen molar-refractivity contribution in [1.29, 1.82) is 0 Å². The maximum absolute atomic E-state index is 5.43. The molecule has 2 atom stereocenters. The Morgan fingerprint density at radius 2 is 2.32 bits per heavy atom. The molecule has 104 valence electrons. The van der Waals surface area contributed by atoms with E-state index in [-0.39, 0.29) is 0 Å². The van der Waals surface area contributed by atoms with Gasteiger partial charge in [-0.3, -0.25) is 0 Å². The SMILES string of the molecule is CNC1CCCCc2nc(CC3CCOC3)ncc21. The van der Waals surface area contributed by atoms with Crippen LogP contribution in [-0.2, 0) is 17.6 Å². The topological polar surface area (TPSA) is 47.0 Å². The maximum atomic E-state index is 5.43. The molecule has 3 rings (SSSR count). The summed E-state index contributed by atoms with van der Waals surface area (Å²) in [6, 6.07) is 0.432. The van der Waals surface area contributed by atoms with Crippen molar-refractivity contribution < 1.29 is 4.74 Å². The third-order valence-electron chi connectivity index (χ3n) is 4.33. The zero-order valence-corrected chi connectivity index (χ0v) is 11.7. The van der Waals surface area contributed by atoms with Crippen LogP contribution in [0.15, 0.2) is 6.20 Å². The number of nitrogens with zero attached hydrogens (tertiary/aromatic N) is 2. The Kier molecular flexibility index (Phi) is 4.09. The Hall–Kier alpha value is -1.00. The van der Waals surface area contributed by atoms with Crippen molar-refractivity contribution in [2.24, 2.45) is 5.92 Å². The van der Waals surface area contributed by atoms with Crippen LogP contribution < -0.4 is 5.32 Å². The van der Waals surface area contributed by atoms with Crippen molar-refractivity contribution in [2.45, 2.75) is 44.6 Å². The smallest absolute Gasteiger partial charge is 0.128 e. The van der Waals surface area contributed by atoms with E-state index in [2.05, 4.69) is 16.5 Å². The fraction of sp³-hybridized carbons (Fsp3) is 0.733. The van der Waals surface area contributed by atoms with Gasteiger partial charge in [0.05, 0.1) is 0 Å². The van der Waals surface area contributed by atoms with Crippen LogP contribution >= 0.6 is 0 Å². The second-order valence-electron chi connectivity index (χ2n) is 5.71. The summed E-state index contributed by atoms with van der Waals surface area (Å²) in [5.41, 5.74) is 2.58.